The molecule has 1 aliphatic rings. The first kappa shape index (κ1) is 13.6. The third-order valence-corrected chi connectivity index (χ3v) is 4.15. The van der Waals surface area contributed by atoms with Crippen LogP contribution in [-0.4, -0.2) is 11.0 Å². The summed E-state index contributed by atoms with van der Waals surface area (Å²) >= 11 is 11.1. The van der Waals surface area contributed by atoms with Crippen LogP contribution in [0.25, 0.3) is 0 Å². The molecule has 1 fully saturated rings. The van der Waals surface area contributed by atoms with Crippen molar-refractivity contribution in [1.29, 1.82) is 0 Å². The standard InChI is InChI=1S/C14H19ClN2S/c1-9-4-2-3-5-12(9)17-13-8-10(15)6-7-11(13)14(16)18/h6-9,12,17H,2-5H2,1H3,(H2,16,18). The molecule has 3 N–H and O–H groups in total. The monoisotopic (exact) mass is 282 g/mol. The summed E-state index contributed by atoms with van der Waals surface area (Å²) in [6.45, 7) is 2.29. The van der Waals surface area contributed by atoms with Gasteiger partial charge in [-0.25, -0.2) is 0 Å². The highest BCUT2D eigenvalue weighted by Crippen LogP contribution is 2.29. The number of hydrogen-bond donors (Lipinski definition) is 2. The Balaban J connectivity index is 2.21. The van der Waals surface area contributed by atoms with Crippen LogP contribution in [0.4, 0.5) is 5.69 Å². The molecule has 2 nitrogen and oxygen atoms in total. The number of nitrogens with two attached hydrogens (primary N) is 1. The number of halogens is 1. The molecule has 1 saturated carbocycles. The Morgan fingerprint density at radius 1 is 1.39 bits per heavy atom. The number of nitrogens with one attached hydrogen (secondary N) is 1. The summed E-state index contributed by atoms with van der Waals surface area (Å²) in [7, 11) is 0. The number of hydrogen-bond acceptors (Lipinski definition) is 2. The van der Waals surface area contributed by atoms with E-state index in [4.69, 9.17) is 29.6 Å². The number of anilines is 1. The van der Waals surface area contributed by atoms with Crippen molar-refractivity contribution in [2.75, 3.05) is 5.32 Å². The molecular weight excluding hydrogens is 264 g/mol. The number of thiocarbonyl (C=S) groups is 1. The largest absolute Gasteiger partial charge is 0.389 e. The highest BCUT2D eigenvalue weighted by Gasteiger charge is 2.22. The van der Waals surface area contributed by atoms with E-state index in [1.807, 2.05) is 18.2 Å². The van der Waals surface area contributed by atoms with Gasteiger partial charge in [0.25, 0.3) is 0 Å². The molecule has 1 aliphatic carbocycles. The third kappa shape index (κ3) is 3.15. The quantitative estimate of drug-likeness (QED) is 0.824. The topological polar surface area (TPSA) is 38.0 Å². The molecule has 4 heteroatoms. The van der Waals surface area contributed by atoms with Gasteiger partial charge in [-0.2, -0.15) is 0 Å². The van der Waals surface area contributed by atoms with Crippen LogP contribution in [0.5, 0.6) is 0 Å². The van der Waals surface area contributed by atoms with Gasteiger partial charge in [0, 0.05) is 22.3 Å². The Kier molecular flexibility index (Phi) is 4.46. The van der Waals surface area contributed by atoms with Gasteiger partial charge in [0.2, 0.25) is 0 Å². The lowest BCUT2D eigenvalue weighted by Gasteiger charge is -2.31. The summed E-state index contributed by atoms with van der Waals surface area (Å²) in [5.74, 6) is 0.678. The van der Waals surface area contributed by atoms with Gasteiger partial charge in [0.15, 0.2) is 0 Å². The second kappa shape index (κ2) is 5.89. The second-order valence-electron chi connectivity index (χ2n) is 5.07. The molecule has 1 aromatic rings. The SMILES string of the molecule is CC1CCCCC1Nc1cc(Cl)ccc1C(N)=S. The third-order valence-electron chi connectivity index (χ3n) is 3.70. The van der Waals surface area contributed by atoms with Crippen LogP contribution in [0, 0.1) is 5.92 Å². The van der Waals surface area contributed by atoms with Crippen molar-refractivity contribution < 1.29 is 0 Å². The molecule has 0 radical (unpaired) electrons. The summed E-state index contributed by atoms with van der Waals surface area (Å²) in [4.78, 5) is 0.414. The minimum atomic E-state index is 0.414. The molecule has 0 amide bonds. The minimum Gasteiger partial charge on any atom is -0.389 e. The van der Waals surface area contributed by atoms with E-state index in [1.54, 1.807) is 0 Å². The van der Waals surface area contributed by atoms with E-state index in [0.717, 1.165) is 11.3 Å². The van der Waals surface area contributed by atoms with Crippen molar-refractivity contribution in [3.05, 3.63) is 28.8 Å². The Morgan fingerprint density at radius 2 is 2.11 bits per heavy atom. The lowest BCUT2D eigenvalue weighted by molar-refractivity contribution is 0.349. The molecule has 2 unspecified atom stereocenters. The fourth-order valence-electron chi connectivity index (χ4n) is 2.58. The van der Waals surface area contributed by atoms with E-state index in [9.17, 15) is 0 Å². The van der Waals surface area contributed by atoms with E-state index in [-0.39, 0.29) is 0 Å². The maximum absolute atomic E-state index is 6.05. The fraction of sp³-hybridized carbons (Fsp3) is 0.500. The maximum Gasteiger partial charge on any atom is 0.106 e. The van der Waals surface area contributed by atoms with Crippen LogP contribution in [0.1, 0.15) is 38.2 Å². The molecule has 1 aromatic carbocycles. The van der Waals surface area contributed by atoms with Crippen LogP contribution in [0.2, 0.25) is 5.02 Å². The smallest absolute Gasteiger partial charge is 0.106 e. The predicted molar refractivity (Wildman–Crippen MR) is 82.4 cm³/mol. The minimum absolute atomic E-state index is 0.414. The highest BCUT2D eigenvalue weighted by atomic mass is 35.5. The molecule has 0 aromatic heterocycles. The van der Waals surface area contributed by atoms with Crippen molar-refractivity contribution in [3.63, 3.8) is 0 Å². The summed E-state index contributed by atoms with van der Waals surface area (Å²) in [6, 6.07) is 6.12. The molecule has 0 aliphatic heterocycles. The van der Waals surface area contributed by atoms with E-state index < -0.39 is 0 Å². The molecule has 0 bridgehead atoms. The lowest BCUT2D eigenvalue weighted by atomic mass is 9.85. The van der Waals surface area contributed by atoms with Crippen LogP contribution in [0.15, 0.2) is 18.2 Å². The predicted octanol–water partition coefficient (Wildman–Crippen LogP) is 3.96. The van der Waals surface area contributed by atoms with Gasteiger partial charge in [-0.3, -0.25) is 0 Å². The Bertz CT molecular complexity index is 447. The Morgan fingerprint density at radius 3 is 2.78 bits per heavy atom. The Labute approximate surface area is 119 Å². The first-order valence-corrected chi connectivity index (χ1v) is 7.22. The van der Waals surface area contributed by atoms with E-state index in [2.05, 4.69) is 12.2 Å². The fourth-order valence-corrected chi connectivity index (χ4v) is 2.93. The molecule has 0 heterocycles. The summed E-state index contributed by atoms with van der Waals surface area (Å²) in [6.07, 6.45) is 5.09. The molecule has 0 spiro atoms. The van der Waals surface area contributed by atoms with Gasteiger partial charge in [0.1, 0.15) is 4.99 Å². The first-order chi connectivity index (χ1) is 8.58. The van der Waals surface area contributed by atoms with Gasteiger partial charge in [-0.15, -0.1) is 0 Å². The maximum atomic E-state index is 6.05. The van der Waals surface area contributed by atoms with Crippen molar-refractivity contribution in [1.82, 2.24) is 0 Å². The first-order valence-electron chi connectivity index (χ1n) is 6.44. The normalized spacial score (nSPS) is 23.7. The van der Waals surface area contributed by atoms with Gasteiger partial charge < -0.3 is 11.1 Å². The van der Waals surface area contributed by atoms with Crippen molar-refractivity contribution in [2.45, 2.75) is 38.6 Å². The molecule has 2 atom stereocenters. The summed E-state index contributed by atoms with van der Waals surface area (Å²) < 4.78 is 0. The highest BCUT2D eigenvalue weighted by molar-refractivity contribution is 7.80. The van der Waals surface area contributed by atoms with Crippen LogP contribution >= 0.6 is 23.8 Å². The second-order valence-corrected chi connectivity index (χ2v) is 5.94. The molecule has 0 saturated heterocycles. The van der Waals surface area contributed by atoms with Crippen molar-refractivity contribution >= 4 is 34.5 Å². The van der Waals surface area contributed by atoms with Crippen molar-refractivity contribution in [3.8, 4) is 0 Å². The number of benzene rings is 1. The average molecular weight is 283 g/mol. The Hall–Kier alpha value is -0.800. The van der Waals surface area contributed by atoms with E-state index in [0.29, 0.717) is 22.0 Å². The van der Waals surface area contributed by atoms with Crippen LogP contribution in [0.3, 0.4) is 0 Å². The number of rotatable bonds is 3. The summed E-state index contributed by atoms with van der Waals surface area (Å²) in [5.41, 5.74) is 7.60. The van der Waals surface area contributed by atoms with E-state index >= 15 is 0 Å². The van der Waals surface area contributed by atoms with Gasteiger partial charge >= 0.3 is 0 Å². The molecule has 2 rings (SSSR count). The zero-order valence-corrected chi connectivity index (χ0v) is 12.2. The van der Waals surface area contributed by atoms with Crippen LogP contribution < -0.4 is 11.1 Å². The molecule has 18 heavy (non-hydrogen) atoms. The van der Waals surface area contributed by atoms with Crippen LogP contribution in [-0.2, 0) is 0 Å². The van der Waals surface area contributed by atoms with E-state index in [1.165, 1.54) is 25.7 Å². The lowest BCUT2D eigenvalue weighted by Crippen LogP contribution is -2.31. The van der Waals surface area contributed by atoms with Crippen molar-refractivity contribution in [2.24, 2.45) is 11.7 Å². The molecular formula is C14H19ClN2S. The van der Waals surface area contributed by atoms with Gasteiger partial charge in [-0.05, 0) is 37.0 Å². The summed E-state index contributed by atoms with van der Waals surface area (Å²) in [5, 5.41) is 4.28. The molecule has 98 valence electrons. The van der Waals surface area contributed by atoms with Gasteiger partial charge in [0.05, 0.1) is 0 Å². The van der Waals surface area contributed by atoms with Gasteiger partial charge in [-0.1, -0.05) is 43.6 Å². The average Bonchev–Trinajstić information content (AvgIpc) is 2.32. The zero-order chi connectivity index (χ0) is 13.1. The zero-order valence-electron chi connectivity index (χ0n) is 10.6.